The van der Waals surface area contributed by atoms with Gasteiger partial charge < -0.3 is 0 Å². The van der Waals surface area contributed by atoms with Crippen molar-refractivity contribution in [2.75, 3.05) is 5.88 Å². The van der Waals surface area contributed by atoms with Gasteiger partial charge in [-0.2, -0.15) is 10.2 Å². The first-order valence-electron chi connectivity index (χ1n) is 4.14. The van der Waals surface area contributed by atoms with Crippen molar-refractivity contribution < 1.29 is 0 Å². The lowest BCUT2D eigenvalue weighted by Gasteiger charge is -1.95. The molecule has 1 aliphatic rings. The van der Waals surface area contributed by atoms with Crippen molar-refractivity contribution in [1.29, 1.82) is 0 Å². The molecule has 66 valence electrons. The summed E-state index contributed by atoms with van der Waals surface area (Å²) in [6, 6.07) is 7.90. The number of benzene rings is 1. The quantitative estimate of drug-likeness (QED) is 0.610. The summed E-state index contributed by atoms with van der Waals surface area (Å²) in [5.74, 6) is 0.480. The number of nitrogens with zero attached hydrogens (tertiary/aromatic N) is 2. The fourth-order valence-electron chi connectivity index (χ4n) is 1.19. The van der Waals surface area contributed by atoms with Gasteiger partial charge in [-0.05, 0) is 6.07 Å². The number of azo groups is 1. The number of fused-ring (bicyclic) bond motifs is 1. The highest BCUT2D eigenvalue weighted by molar-refractivity contribution is 6.18. The molecule has 0 N–H and O–H groups in total. The molecule has 0 fully saturated rings. The van der Waals surface area contributed by atoms with E-state index in [-0.39, 0.29) is 6.04 Å². The normalized spacial score (nSPS) is 19.6. The molecule has 1 aliphatic heterocycles. The predicted molar refractivity (Wildman–Crippen MR) is 54.5 cm³/mol. The Kier molecular flexibility index (Phi) is 2.41. The second kappa shape index (κ2) is 3.71. The summed E-state index contributed by atoms with van der Waals surface area (Å²) in [5, 5.41) is 8.21. The number of hydrogen-bond donors (Lipinski definition) is 0. The van der Waals surface area contributed by atoms with Gasteiger partial charge in [-0.25, -0.2) is 0 Å². The van der Waals surface area contributed by atoms with Gasteiger partial charge in [0.1, 0.15) is 6.04 Å². The fourth-order valence-corrected chi connectivity index (χ4v) is 1.36. The molecule has 13 heavy (non-hydrogen) atoms. The molecule has 0 saturated carbocycles. The Morgan fingerprint density at radius 2 is 2.15 bits per heavy atom. The van der Waals surface area contributed by atoms with E-state index in [1.54, 1.807) is 0 Å². The zero-order valence-electron chi connectivity index (χ0n) is 7.02. The first-order chi connectivity index (χ1) is 6.40. The molecule has 1 heterocycles. The molecule has 0 bridgehead atoms. The fraction of sp³-hybridized carbons (Fsp3) is 0.200. The molecule has 0 aromatic heterocycles. The van der Waals surface area contributed by atoms with Crippen LogP contribution in [-0.2, 0) is 0 Å². The number of hydrogen-bond acceptors (Lipinski definition) is 2. The Hall–Kier alpha value is -1.15. The first-order valence-corrected chi connectivity index (χ1v) is 4.67. The van der Waals surface area contributed by atoms with Crippen molar-refractivity contribution >= 4 is 23.4 Å². The largest absolute Gasteiger partial charge is 0.180 e. The molecular weight excluding hydrogens is 184 g/mol. The standard InChI is InChI=1S/C10H9ClN2/c11-7-9-6-5-8-3-1-2-4-10(8)13-12-9/h1-6,9H,7H2. The number of halogens is 1. The maximum Gasteiger partial charge on any atom is 0.103 e. The Balaban J connectivity index is 2.41. The third-order valence-electron chi connectivity index (χ3n) is 1.91. The summed E-state index contributed by atoms with van der Waals surface area (Å²) in [6.45, 7) is 0. The van der Waals surface area contributed by atoms with Gasteiger partial charge in [-0.3, -0.25) is 0 Å². The molecule has 0 aliphatic carbocycles. The van der Waals surface area contributed by atoms with Gasteiger partial charge in [0.25, 0.3) is 0 Å². The minimum atomic E-state index is 0.00840. The van der Waals surface area contributed by atoms with Gasteiger partial charge in [0, 0.05) is 5.56 Å². The van der Waals surface area contributed by atoms with Crippen LogP contribution in [0.1, 0.15) is 5.56 Å². The maximum atomic E-state index is 5.69. The van der Waals surface area contributed by atoms with Crippen LogP contribution in [0.25, 0.3) is 6.08 Å². The van der Waals surface area contributed by atoms with Gasteiger partial charge >= 0.3 is 0 Å². The SMILES string of the molecule is ClCC1C=Cc2ccccc2N=N1. The van der Waals surface area contributed by atoms with Crippen LogP contribution in [0.15, 0.2) is 40.6 Å². The summed E-state index contributed by atoms with van der Waals surface area (Å²) in [5.41, 5.74) is 2.00. The molecule has 0 amide bonds. The minimum Gasteiger partial charge on any atom is -0.180 e. The van der Waals surface area contributed by atoms with E-state index < -0.39 is 0 Å². The van der Waals surface area contributed by atoms with Crippen LogP contribution >= 0.6 is 11.6 Å². The van der Waals surface area contributed by atoms with Gasteiger partial charge in [0.05, 0.1) is 11.6 Å². The summed E-state index contributed by atoms with van der Waals surface area (Å²) in [4.78, 5) is 0. The number of alkyl halides is 1. The van der Waals surface area contributed by atoms with Gasteiger partial charge in [-0.15, -0.1) is 11.6 Å². The van der Waals surface area contributed by atoms with E-state index in [1.807, 2.05) is 36.4 Å². The average Bonchev–Trinajstić information content (AvgIpc) is 2.39. The van der Waals surface area contributed by atoms with Gasteiger partial charge in [-0.1, -0.05) is 30.4 Å². The van der Waals surface area contributed by atoms with E-state index in [2.05, 4.69) is 10.2 Å². The zero-order chi connectivity index (χ0) is 9.10. The highest BCUT2D eigenvalue weighted by Gasteiger charge is 2.05. The molecule has 2 nitrogen and oxygen atoms in total. The predicted octanol–water partition coefficient (Wildman–Crippen LogP) is 3.40. The van der Waals surface area contributed by atoms with Gasteiger partial charge in [0.15, 0.2) is 0 Å². The van der Waals surface area contributed by atoms with Crippen molar-refractivity contribution in [2.45, 2.75) is 6.04 Å². The Morgan fingerprint density at radius 1 is 1.31 bits per heavy atom. The molecule has 1 unspecified atom stereocenters. The smallest absolute Gasteiger partial charge is 0.103 e. The zero-order valence-corrected chi connectivity index (χ0v) is 7.78. The Bertz CT molecular complexity index is 325. The lowest BCUT2D eigenvalue weighted by molar-refractivity contribution is 0.867. The number of rotatable bonds is 1. The van der Waals surface area contributed by atoms with Crippen LogP contribution in [0, 0.1) is 0 Å². The van der Waals surface area contributed by atoms with Crippen molar-refractivity contribution in [1.82, 2.24) is 0 Å². The summed E-state index contributed by atoms with van der Waals surface area (Å²) < 4.78 is 0. The Labute approximate surface area is 81.9 Å². The van der Waals surface area contributed by atoms with Crippen LogP contribution in [0.2, 0.25) is 0 Å². The van der Waals surface area contributed by atoms with Crippen LogP contribution < -0.4 is 0 Å². The van der Waals surface area contributed by atoms with E-state index in [0.29, 0.717) is 5.88 Å². The van der Waals surface area contributed by atoms with Crippen molar-refractivity contribution in [3.05, 3.63) is 35.9 Å². The molecule has 1 aromatic carbocycles. The average molecular weight is 193 g/mol. The maximum absolute atomic E-state index is 5.69. The summed E-state index contributed by atoms with van der Waals surface area (Å²) in [7, 11) is 0. The third-order valence-corrected chi connectivity index (χ3v) is 2.22. The minimum absolute atomic E-state index is 0.00840. The first kappa shape index (κ1) is 8.45. The second-order valence-corrected chi connectivity index (χ2v) is 3.16. The summed E-state index contributed by atoms with van der Waals surface area (Å²) in [6.07, 6.45) is 3.99. The topological polar surface area (TPSA) is 24.7 Å². The van der Waals surface area contributed by atoms with Crippen molar-refractivity contribution in [3.8, 4) is 0 Å². The molecule has 2 rings (SSSR count). The monoisotopic (exact) mass is 192 g/mol. The lowest BCUT2D eigenvalue weighted by atomic mass is 10.1. The van der Waals surface area contributed by atoms with Crippen molar-refractivity contribution in [2.24, 2.45) is 10.2 Å². The molecule has 3 heteroatoms. The Morgan fingerprint density at radius 3 is 3.00 bits per heavy atom. The van der Waals surface area contributed by atoms with Crippen LogP contribution in [-0.4, -0.2) is 11.9 Å². The second-order valence-electron chi connectivity index (χ2n) is 2.86. The van der Waals surface area contributed by atoms with E-state index in [9.17, 15) is 0 Å². The highest BCUT2D eigenvalue weighted by atomic mass is 35.5. The highest BCUT2D eigenvalue weighted by Crippen LogP contribution is 2.24. The van der Waals surface area contributed by atoms with E-state index >= 15 is 0 Å². The van der Waals surface area contributed by atoms with Crippen molar-refractivity contribution in [3.63, 3.8) is 0 Å². The van der Waals surface area contributed by atoms with E-state index in [4.69, 9.17) is 11.6 Å². The summed E-state index contributed by atoms with van der Waals surface area (Å²) >= 11 is 5.69. The van der Waals surface area contributed by atoms with Crippen LogP contribution in [0.3, 0.4) is 0 Å². The van der Waals surface area contributed by atoms with Gasteiger partial charge in [0.2, 0.25) is 0 Å². The van der Waals surface area contributed by atoms with E-state index in [1.165, 1.54) is 0 Å². The van der Waals surface area contributed by atoms with E-state index in [0.717, 1.165) is 11.3 Å². The molecule has 0 saturated heterocycles. The van der Waals surface area contributed by atoms with Crippen LogP contribution in [0.5, 0.6) is 0 Å². The molecule has 1 aromatic rings. The molecule has 1 atom stereocenters. The molecular formula is C10H9ClN2. The third kappa shape index (κ3) is 1.78. The molecule has 0 spiro atoms. The lowest BCUT2D eigenvalue weighted by Crippen LogP contribution is -1.98. The molecule has 0 radical (unpaired) electrons. The van der Waals surface area contributed by atoms with Crippen LogP contribution in [0.4, 0.5) is 5.69 Å².